The van der Waals surface area contributed by atoms with Crippen molar-refractivity contribution in [3.63, 3.8) is 0 Å². The van der Waals surface area contributed by atoms with Crippen LogP contribution in [-0.4, -0.2) is 73.5 Å². The number of anilines is 1. The van der Waals surface area contributed by atoms with E-state index in [2.05, 4.69) is 12.2 Å². The number of hydrogen-bond donors (Lipinski definition) is 1. The summed E-state index contributed by atoms with van der Waals surface area (Å²) < 4.78 is 12.0. The summed E-state index contributed by atoms with van der Waals surface area (Å²) >= 11 is 0. The van der Waals surface area contributed by atoms with Crippen LogP contribution in [0.2, 0.25) is 0 Å². The number of carbonyl (C=O) groups excluding carboxylic acids is 3. The molecule has 8 nitrogen and oxygen atoms in total. The van der Waals surface area contributed by atoms with E-state index in [-0.39, 0.29) is 48.3 Å². The van der Waals surface area contributed by atoms with Crippen LogP contribution in [0.4, 0.5) is 5.69 Å². The van der Waals surface area contributed by atoms with Crippen LogP contribution in [0.5, 0.6) is 5.75 Å². The van der Waals surface area contributed by atoms with Crippen molar-refractivity contribution in [3.8, 4) is 5.75 Å². The smallest absolute Gasteiger partial charge is 0.257 e. The number of rotatable bonds is 5. The largest absolute Gasteiger partial charge is 0.491 e. The topological polar surface area (TPSA) is 88.2 Å². The first kappa shape index (κ1) is 27.0. The molecule has 3 rings (SSSR count). The second kappa shape index (κ2) is 12.4. The fraction of sp³-hybridized carbons (Fsp3) is 0.667. The molecule has 0 saturated heterocycles. The second-order valence-electron chi connectivity index (χ2n) is 10.1. The van der Waals surface area contributed by atoms with E-state index in [4.69, 9.17) is 9.47 Å². The number of benzene rings is 1. The molecular weight excluding hydrogens is 446 g/mol. The highest BCUT2D eigenvalue weighted by Gasteiger charge is 2.34. The SMILES string of the molecule is CCCC(=O)Nc1ccc2c(c1)OC[C@H](C)N(C(=O)C1CCCC1)C[C@@H](C)[C@H](OC)CN(C)C2=O. The van der Waals surface area contributed by atoms with Gasteiger partial charge < -0.3 is 24.6 Å². The van der Waals surface area contributed by atoms with E-state index in [1.54, 1.807) is 37.3 Å². The summed E-state index contributed by atoms with van der Waals surface area (Å²) in [5.41, 5.74) is 1.00. The molecule has 0 unspecified atom stereocenters. The normalized spacial score (nSPS) is 24.3. The van der Waals surface area contributed by atoms with Crippen LogP contribution in [0, 0.1) is 11.8 Å². The second-order valence-corrected chi connectivity index (χ2v) is 10.1. The zero-order valence-electron chi connectivity index (χ0n) is 21.8. The van der Waals surface area contributed by atoms with Crippen molar-refractivity contribution in [2.75, 3.05) is 39.2 Å². The Balaban J connectivity index is 1.93. The Kier molecular flexibility index (Phi) is 9.55. The van der Waals surface area contributed by atoms with Crippen molar-refractivity contribution >= 4 is 23.4 Å². The molecule has 0 spiro atoms. The number of nitrogens with one attached hydrogen (secondary N) is 1. The third-order valence-electron chi connectivity index (χ3n) is 7.20. The fourth-order valence-electron chi connectivity index (χ4n) is 5.01. The summed E-state index contributed by atoms with van der Waals surface area (Å²) in [6.45, 7) is 7.20. The minimum absolute atomic E-state index is 0.0399. The molecule has 0 bridgehead atoms. The molecule has 2 aliphatic rings. The first-order valence-corrected chi connectivity index (χ1v) is 12.9. The van der Waals surface area contributed by atoms with Crippen molar-refractivity contribution < 1.29 is 23.9 Å². The molecule has 1 fully saturated rings. The lowest BCUT2D eigenvalue weighted by molar-refractivity contribution is -0.139. The van der Waals surface area contributed by atoms with Crippen molar-refractivity contribution in [2.45, 2.75) is 71.4 Å². The minimum Gasteiger partial charge on any atom is -0.491 e. The van der Waals surface area contributed by atoms with Crippen LogP contribution in [0.25, 0.3) is 0 Å². The number of fused-ring (bicyclic) bond motifs is 1. The van der Waals surface area contributed by atoms with E-state index < -0.39 is 0 Å². The molecule has 1 saturated carbocycles. The van der Waals surface area contributed by atoms with E-state index in [1.807, 2.05) is 18.7 Å². The third-order valence-corrected chi connectivity index (χ3v) is 7.20. The Morgan fingerprint density at radius 2 is 1.89 bits per heavy atom. The number of likely N-dealkylation sites (N-methyl/N-ethyl adjacent to an activating group) is 1. The van der Waals surface area contributed by atoms with E-state index in [0.29, 0.717) is 36.5 Å². The van der Waals surface area contributed by atoms with Gasteiger partial charge in [-0.25, -0.2) is 0 Å². The van der Waals surface area contributed by atoms with Gasteiger partial charge in [0.1, 0.15) is 12.4 Å². The van der Waals surface area contributed by atoms with Gasteiger partial charge in [-0.05, 0) is 38.3 Å². The minimum atomic E-state index is -0.216. The molecule has 0 aromatic heterocycles. The average molecular weight is 488 g/mol. The summed E-state index contributed by atoms with van der Waals surface area (Å²) in [5.74, 6) is 0.436. The van der Waals surface area contributed by atoms with Gasteiger partial charge in [-0.15, -0.1) is 0 Å². The summed E-state index contributed by atoms with van der Waals surface area (Å²) in [7, 11) is 3.40. The molecule has 0 radical (unpaired) electrons. The highest BCUT2D eigenvalue weighted by molar-refractivity contribution is 5.98. The highest BCUT2D eigenvalue weighted by Crippen LogP contribution is 2.30. The van der Waals surface area contributed by atoms with Crippen LogP contribution >= 0.6 is 0 Å². The van der Waals surface area contributed by atoms with Gasteiger partial charge in [0.25, 0.3) is 5.91 Å². The van der Waals surface area contributed by atoms with Crippen LogP contribution in [0.3, 0.4) is 0 Å². The third kappa shape index (κ3) is 6.75. The number of carbonyl (C=O) groups is 3. The van der Waals surface area contributed by atoms with Gasteiger partial charge in [0.05, 0.1) is 17.7 Å². The van der Waals surface area contributed by atoms with Gasteiger partial charge in [-0.2, -0.15) is 0 Å². The molecule has 35 heavy (non-hydrogen) atoms. The monoisotopic (exact) mass is 487 g/mol. The molecule has 1 heterocycles. The molecule has 194 valence electrons. The molecule has 1 aromatic carbocycles. The Morgan fingerprint density at radius 1 is 1.17 bits per heavy atom. The Labute approximate surface area is 209 Å². The molecule has 3 amide bonds. The van der Waals surface area contributed by atoms with Gasteiger partial charge in [0.2, 0.25) is 11.8 Å². The number of nitrogens with zero attached hydrogens (tertiary/aromatic N) is 2. The Hall–Kier alpha value is -2.61. The molecule has 1 aromatic rings. The van der Waals surface area contributed by atoms with Crippen LogP contribution < -0.4 is 10.1 Å². The van der Waals surface area contributed by atoms with Gasteiger partial charge in [0.15, 0.2) is 0 Å². The molecule has 3 atom stereocenters. The van der Waals surface area contributed by atoms with E-state index >= 15 is 0 Å². The predicted octanol–water partition coefficient (Wildman–Crippen LogP) is 3.95. The average Bonchev–Trinajstić information content (AvgIpc) is 3.38. The quantitative estimate of drug-likeness (QED) is 0.680. The Bertz CT molecular complexity index is 899. The lowest BCUT2D eigenvalue weighted by atomic mass is 9.99. The maximum atomic E-state index is 13.5. The van der Waals surface area contributed by atoms with Crippen molar-refractivity contribution in [1.82, 2.24) is 9.80 Å². The van der Waals surface area contributed by atoms with Gasteiger partial charge in [0, 0.05) is 57.3 Å². The number of ether oxygens (including phenoxy) is 2. The summed E-state index contributed by atoms with van der Waals surface area (Å²) in [5, 5.41) is 2.87. The van der Waals surface area contributed by atoms with E-state index in [1.165, 1.54) is 0 Å². The zero-order valence-corrected chi connectivity index (χ0v) is 21.8. The number of methoxy groups -OCH3 is 1. The fourth-order valence-corrected chi connectivity index (χ4v) is 5.01. The Morgan fingerprint density at radius 3 is 2.54 bits per heavy atom. The first-order valence-electron chi connectivity index (χ1n) is 12.9. The maximum absolute atomic E-state index is 13.5. The molecule has 1 N–H and O–H groups in total. The molecule has 1 aliphatic heterocycles. The predicted molar refractivity (Wildman–Crippen MR) is 136 cm³/mol. The lowest BCUT2D eigenvalue weighted by Crippen LogP contribution is -2.50. The summed E-state index contributed by atoms with van der Waals surface area (Å²) in [6.07, 6.45) is 5.02. The van der Waals surface area contributed by atoms with E-state index in [9.17, 15) is 14.4 Å². The maximum Gasteiger partial charge on any atom is 0.257 e. The van der Waals surface area contributed by atoms with E-state index in [0.717, 1.165) is 32.1 Å². The van der Waals surface area contributed by atoms with Crippen LogP contribution in [-0.2, 0) is 14.3 Å². The number of amides is 3. The molecular formula is C27H41N3O5. The van der Waals surface area contributed by atoms with Crippen molar-refractivity contribution in [1.29, 1.82) is 0 Å². The summed E-state index contributed by atoms with van der Waals surface area (Å²) in [4.78, 5) is 42.5. The summed E-state index contributed by atoms with van der Waals surface area (Å²) in [6, 6.07) is 4.94. The van der Waals surface area contributed by atoms with Gasteiger partial charge >= 0.3 is 0 Å². The number of hydrogen-bond acceptors (Lipinski definition) is 5. The van der Waals surface area contributed by atoms with Gasteiger partial charge in [-0.1, -0.05) is 26.7 Å². The standard InChI is InChI=1S/C27H41N3O5/c1-6-9-25(31)28-21-12-13-22-23(14-21)35-17-19(3)30(26(32)20-10-7-8-11-20)15-18(2)24(34-5)16-29(4)27(22)33/h12-14,18-20,24H,6-11,15-17H2,1-5H3,(H,28,31)/t18-,19+,24-/m1/s1. The first-order chi connectivity index (χ1) is 16.7. The van der Waals surface area contributed by atoms with Crippen molar-refractivity contribution in [3.05, 3.63) is 23.8 Å². The van der Waals surface area contributed by atoms with Crippen molar-refractivity contribution in [2.24, 2.45) is 11.8 Å². The van der Waals surface area contributed by atoms with Crippen LogP contribution in [0.1, 0.15) is 69.7 Å². The molecule has 8 heteroatoms. The molecule has 1 aliphatic carbocycles. The lowest BCUT2D eigenvalue weighted by Gasteiger charge is -2.37. The highest BCUT2D eigenvalue weighted by atomic mass is 16.5. The van der Waals surface area contributed by atoms with Gasteiger partial charge in [-0.3, -0.25) is 14.4 Å². The zero-order chi connectivity index (χ0) is 25.5. The van der Waals surface area contributed by atoms with Crippen LogP contribution in [0.15, 0.2) is 18.2 Å².